The van der Waals surface area contributed by atoms with Crippen LogP contribution in [0.4, 0.5) is 0 Å². The van der Waals surface area contributed by atoms with Gasteiger partial charge in [-0.15, -0.1) is 0 Å². The van der Waals surface area contributed by atoms with Crippen LogP contribution in [-0.4, -0.2) is 35.6 Å². The van der Waals surface area contributed by atoms with Crippen LogP contribution in [0.15, 0.2) is 30.5 Å². The van der Waals surface area contributed by atoms with Crippen LogP contribution in [0.3, 0.4) is 0 Å². The molecule has 2 aromatic rings. The lowest BCUT2D eigenvalue weighted by molar-refractivity contribution is 0.160. The van der Waals surface area contributed by atoms with Gasteiger partial charge in [0, 0.05) is 42.1 Å². The van der Waals surface area contributed by atoms with Gasteiger partial charge in [-0.3, -0.25) is 0 Å². The van der Waals surface area contributed by atoms with E-state index in [1.165, 1.54) is 42.3 Å². The van der Waals surface area contributed by atoms with Gasteiger partial charge in [-0.1, -0.05) is 24.6 Å². The summed E-state index contributed by atoms with van der Waals surface area (Å²) in [4.78, 5) is 2.51. The van der Waals surface area contributed by atoms with E-state index in [1.54, 1.807) is 0 Å². The molecular formula is C18H27N3. The number of aryl methyl sites for hydroxylation is 1. The van der Waals surface area contributed by atoms with E-state index in [-0.39, 0.29) is 0 Å². The first-order valence-corrected chi connectivity index (χ1v) is 8.24. The number of benzene rings is 1. The maximum atomic E-state index is 6.20. The lowest BCUT2D eigenvalue weighted by atomic mass is 9.85. The molecule has 2 unspecified atom stereocenters. The van der Waals surface area contributed by atoms with Gasteiger partial charge in [0.1, 0.15) is 0 Å². The molecule has 0 bridgehead atoms. The number of para-hydroxylation sites is 1. The highest BCUT2D eigenvalue weighted by Gasteiger charge is 2.29. The topological polar surface area (TPSA) is 34.2 Å². The maximum Gasteiger partial charge on any atom is 0.0483 e. The molecule has 114 valence electrons. The van der Waals surface area contributed by atoms with E-state index < -0.39 is 0 Å². The van der Waals surface area contributed by atoms with Crippen molar-refractivity contribution in [3.63, 3.8) is 0 Å². The minimum atomic E-state index is 0.438. The molecule has 3 nitrogen and oxygen atoms in total. The summed E-state index contributed by atoms with van der Waals surface area (Å²) < 4.78 is 2.36. The van der Waals surface area contributed by atoms with Crippen LogP contribution in [0.25, 0.3) is 10.9 Å². The summed E-state index contributed by atoms with van der Waals surface area (Å²) in [6.45, 7) is 5.15. The van der Waals surface area contributed by atoms with Crippen molar-refractivity contribution in [3.05, 3.63) is 36.0 Å². The second-order valence-corrected chi connectivity index (χ2v) is 6.27. The molecule has 2 heterocycles. The van der Waals surface area contributed by atoms with E-state index in [9.17, 15) is 0 Å². The predicted octanol–water partition coefficient (Wildman–Crippen LogP) is 3.19. The smallest absolute Gasteiger partial charge is 0.0483 e. The molecule has 0 amide bonds. The molecule has 1 aromatic heterocycles. The van der Waals surface area contributed by atoms with Gasteiger partial charge in [0.15, 0.2) is 0 Å². The van der Waals surface area contributed by atoms with E-state index in [0.29, 0.717) is 12.0 Å². The van der Waals surface area contributed by atoms with Gasteiger partial charge in [-0.2, -0.15) is 0 Å². The van der Waals surface area contributed by atoms with E-state index >= 15 is 0 Å². The highest BCUT2D eigenvalue weighted by atomic mass is 15.1. The Morgan fingerprint density at radius 2 is 2.10 bits per heavy atom. The van der Waals surface area contributed by atoms with Crippen molar-refractivity contribution in [2.24, 2.45) is 5.73 Å². The number of hydrogen-bond acceptors (Lipinski definition) is 2. The number of fused-ring (bicyclic) bond motifs is 1. The number of nitrogens with two attached hydrogens (primary N) is 1. The standard InChI is InChI=1S/C18H27N3/c1-3-21-13-16(14-8-4-5-10-18(14)21)15(12-19)17-9-6-7-11-20(17)2/h4-5,8,10,13,15,17H,3,6-7,9,11-12,19H2,1-2H3. The number of aromatic nitrogens is 1. The number of piperidine rings is 1. The van der Waals surface area contributed by atoms with E-state index in [4.69, 9.17) is 5.73 Å². The molecule has 0 radical (unpaired) electrons. The number of nitrogens with zero attached hydrogens (tertiary/aromatic N) is 2. The highest BCUT2D eigenvalue weighted by Crippen LogP contribution is 2.34. The third kappa shape index (κ3) is 2.60. The zero-order valence-electron chi connectivity index (χ0n) is 13.3. The fourth-order valence-electron chi connectivity index (χ4n) is 3.93. The van der Waals surface area contributed by atoms with Gasteiger partial charge in [0.25, 0.3) is 0 Å². The maximum absolute atomic E-state index is 6.20. The Morgan fingerprint density at radius 1 is 1.29 bits per heavy atom. The summed E-state index contributed by atoms with van der Waals surface area (Å²) in [5, 5.41) is 1.38. The lowest BCUT2D eigenvalue weighted by Crippen LogP contribution is -2.42. The van der Waals surface area contributed by atoms with Crippen LogP contribution in [0, 0.1) is 0 Å². The monoisotopic (exact) mass is 285 g/mol. The van der Waals surface area contributed by atoms with Crippen molar-refractivity contribution in [2.45, 2.75) is 44.7 Å². The van der Waals surface area contributed by atoms with Crippen LogP contribution >= 0.6 is 0 Å². The predicted molar refractivity (Wildman–Crippen MR) is 89.7 cm³/mol. The minimum absolute atomic E-state index is 0.438. The van der Waals surface area contributed by atoms with Crippen LogP contribution in [0.1, 0.15) is 37.7 Å². The number of likely N-dealkylation sites (tertiary alicyclic amines) is 1. The van der Waals surface area contributed by atoms with Crippen molar-refractivity contribution in [1.29, 1.82) is 0 Å². The first-order chi connectivity index (χ1) is 10.3. The second-order valence-electron chi connectivity index (χ2n) is 6.27. The molecular weight excluding hydrogens is 258 g/mol. The Hall–Kier alpha value is -1.32. The molecule has 2 N–H and O–H groups in total. The summed E-state index contributed by atoms with van der Waals surface area (Å²) in [5.74, 6) is 0.438. The molecule has 0 aliphatic carbocycles. The van der Waals surface area contributed by atoms with E-state index in [0.717, 1.165) is 13.1 Å². The van der Waals surface area contributed by atoms with Gasteiger partial charge in [-0.05, 0) is 45.0 Å². The molecule has 1 fully saturated rings. The van der Waals surface area contributed by atoms with Crippen molar-refractivity contribution < 1.29 is 0 Å². The molecule has 3 rings (SSSR count). The lowest BCUT2D eigenvalue weighted by Gasteiger charge is -2.37. The third-order valence-corrected chi connectivity index (χ3v) is 5.10. The van der Waals surface area contributed by atoms with Crippen LogP contribution in [0.5, 0.6) is 0 Å². The van der Waals surface area contributed by atoms with Crippen molar-refractivity contribution in [2.75, 3.05) is 20.1 Å². The summed E-state index contributed by atoms with van der Waals surface area (Å²) >= 11 is 0. The normalized spacial score (nSPS) is 21.8. The SMILES string of the molecule is CCn1cc(C(CN)C2CCCCN2C)c2ccccc21. The van der Waals surface area contributed by atoms with Crippen molar-refractivity contribution in [1.82, 2.24) is 9.47 Å². The van der Waals surface area contributed by atoms with Crippen LogP contribution in [-0.2, 0) is 6.54 Å². The van der Waals surface area contributed by atoms with Gasteiger partial charge in [0.2, 0.25) is 0 Å². The quantitative estimate of drug-likeness (QED) is 0.936. The van der Waals surface area contributed by atoms with Gasteiger partial charge in [-0.25, -0.2) is 0 Å². The van der Waals surface area contributed by atoms with Gasteiger partial charge in [0.05, 0.1) is 0 Å². The largest absolute Gasteiger partial charge is 0.347 e. The minimum Gasteiger partial charge on any atom is -0.347 e. The Bertz CT molecular complexity index is 602. The molecule has 21 heavy (non-hydrogen) atoms. The number of hydrogen-bond donors (Lipinski definition) is 1. The van der Waals surface area contributed by atoms with E-state index in [2.05, 4.69) is 53.9 Å². The molecule has 1 saturated heterocycles. The summed E-state index contributed by atoms with van der Waals surface area (Å²) in [6.07, 6.45) is 6.26. The summed E-state index contributed by atoms with van der Waals surface area (Å²) in [7, 11) is 2.26. The van der Waals surface area contributed by atoms with Gasteiger partial charge >= 0.3 is 0 Å². The Balaban J connectivity index is 2.04. The van der Waals surface area contributed by atoms with Gasteiger partial charge < -0.3 is 15.2 Å². The molecule has 1 aromatic carbocycles. The highest BCUT2D eigenvalue weighted by molar-refractivity contribution is 5.84. The molecule has 0 saturated carbocycles. The van der Waals surface area contributed by atoms with Crippen LogP contribution < -0.4 is 5.73 Å². The second kappa shape index (κ2) is 6.20. The summed E-state index contributed by atoms with van der Waals surface area (Å²) in [5.41, 5.74) is 8.98. The zero-order chi connectivity index (χ0) is 14.8. The molecule has 0 spiro atoms. The molecule has 1 aliphatic rings. The summed E-state index contributed by atoms with van der Waals surface area (Å²) in [6, 6.07) is 9.33. The van der Waals surface area contributed by atoms with Crippen LogP contribution in [0.2, 0.25) is 0 Å². The average molecular weight is 285 g/mol. The molecule has 2 atom stereocenters. The fourth-order valence-corrected chi connectivity index (χ4v) is 3.93. The molecule has 3 heteroatoms. The fraction of sp³-hybridized carbons (Fsp3) is 0.556. The Kier molecular flexibility index (Phi) is 4.32. The third-order valence-electron chi connectivity index (χ3n) is 5.10. The first-order valence-electron chi connectivity index (χ1n) is 8.24. The number of rotatable bonds is 4. The first kappa shape index (κ1) is 14.6. The Labute approximate surface area is 127 Å². The Morgan fingerprint density at radius 3 is 2.81 bits per heavy atom. The van der Waals surface area contributed by atoms with Crippen molar-refractivity contribution in [3.8, 4) is 0 Å². The zero-order valence-corrected chi connectivity index (χ0v) is 13.3. The average Bonchev–Trinajstić information content (AvgIpc) is 2.89. The number of likely N-dealkylation sites (N-methyl/N-ethyl adjacent to an activating group) is 1. The van der Waals surface area contributed by atoms with E-state index in [1.807, 2.05) is 0 Å². The molecule has 1 aliphatic heterocycles. The van der Waals surface area contributed by atoms with Crippen molar-refractivity contribution >= 4 is 10.9 Å².